The molecule has 0 aliphatic carbocycles. The Labute approximate surface area is 90.9 Å². The van der Waals surface area contributed by atoms with Crippen molar-refractivity contribution >= 4 is 13.1 Å². The summed E-state index contributed by atoms with van der Waals surface area (Å²) in [6.07, 6.45) is -5.34. The van der Waals surface area contributed by atoms with E-state index in [0.717, 1.165) is 0 Å². The molecular weight excluding hydrogens is 246 g/mol. The second-order valence-electron chi connectivity index (χ2n) is 4.06. The number of carbonyl (C=O) groups excluding carboxylic acids is 1. The highest BCUT2D eigenvalue weighted by Gasteiger charge is 2.42. The van der Waals surface area contributed by atoms with Crippen molar-refractivity contribution in [2.24, 2.45) is 5.92 Å². The van der Waals surface area contributed by atoms with Crippen LogP contribution in [0.25, 0.3) is 0 Å². The molecule has 0 aromatic heterocycles. The predicted molar refractivity (Wildman–Crippen MR) is 51.8 cm³/mol. The van der Waals surface area contributed by atoms with Crippen LogP contribution in [0.15, 0.2) is 0 Å². The maximum atomic E-state index is 11.8. The quantitative estimate of drug-likeness (QED) is 0.610. The van der Waals surface area contributed by atoms with Crippen LogP contribution in [-0.2, 0) is 14.1 Å². The summed E-state index contributed by atoms with van der Waals surface area (Å²) in [6, 6.07) is 0. The van der Waals surface area contributed by atoms with Gasteiger partial charge in [-0.05, 0) is 25.7 Å². The van der Waals surface area contributed by atoms with Gasteiger partial charge in [0.1, 0.15) is 13.5 Å². The van der Waals surface area contributed by atoms with E-state index in [4.69, 9.17) is 0 Å². The minimum atomic E-state index is -5.02. The summed E-state index contributed by atoms with van der Waals surface area (Å²) in [5.41, 5.74) is 0. The molecule has 0 bridgehead atoms. The molecule has 1 N–H and O–H groups in total. The maximum absolute atomic E-state index is 11.8. The molecule has 1 aliphatic heterocycles. The first-order valence-electron chi connectivity index (χ1n) is 4.71. The Kier molecular flexibility index (Phi) is 4.02. The first-order chi connectivity index (χ1) is 7.21. The number of alkyl halides is 3. The molecule has 16 heavy (non-hydrogen) atoms. The minimum Gasteiger partial charge on any atom is -0.451 e. The van der Waals surface area contributed by atoms with Gasteiger partial charge >= 0.3 is 12.1 Å². The number of esters is 1. The number of hydrogen-bond acceptors (Lipinski definition) is 4. The summed E-state index contributed by atoms with van der Waals surface area (Å²) in [5.74, 6) is -2.07. The van der Waals surface area contributed by atoms with Crippen LogP contribution in [0, 0.1) is 5.92 Å². The normalized spacial score (nSPS) is 21.0. The van der Waals surface area contributed by atoms with Crippen LogP contribution in [0.5, 0.6) is 0 Å². The average molecular weight is 259 g/mol. The predicted octanol–water partition coefficient (Wildman–Crippen LogP) is 1.26. The van der Waals surface area contributed by atoms with Crippen LogP contribution >= 0.6 is 7.14 Å². The maximum Gasteiger partial charge on any atom is 0.490 e. The van der Waals surface area contributed by atoms with Gasteiger partial charge in [0.2, 0.25) is 0 Å². The van der Waals surface area contributed by atoms with Crippen LogP contribution in [0.4, 0.5) is 13.2 Å². The summed E-state index contributed by atoms with van der Waals surface area (Å²) in [6.45, 7) is 2.78. The lowest BCUT2D eigenvalue weighted by atomic mass is 10.1. The lowest BCUT2D eigenvalue weighted by Crippen LogP contribution is -2.44. The third kappa shape index (κ3) is 4.14. The van der Waals surface area contributed by atoms with Gasteiger partial charge in [-0.15, -0.1) is 0 Å². The van der Waals surface area contributed by atoms with E-state index in [9.17, 15) is 22.5 Å². The minimum absolute atomic E-state index is 0.209. The number of ether oxygens (including phenoxy) is 1. The van der Waals surface area contributed by atoms with E-state index in [1.165, 1.54) is 6.66 Å². The fourth-order valence-corrected chi connectivity index (χ4v) is 3.20. The number of halogens is 3. The summed E-state index contributed by atoms with van der Waals surface area (Å²) in [7, 11) is -2.82. The molecule has 1 rings (SSSR count). The molecule has 0 aromatic rings. The third-order valence-electron chi connectivity index (χ3n) is 2.21. The van der Waals surface area contributed by atoms with Gasteiger partial charge in [0.15, 0.2) is 0 Å². The van der Waals surface area contributed by atoms with Crippen molar-refractivity contribution in [3.8, 4) is 0 Å². The van der Waals surface area contributed by atoms with Crippen molar-refractivity contribution in [2.75, 3.05) is 32.3 Å². The monoisotopic (exact) mass is 259 g/mol. The van der Waals surface area contributed by atoms with Crippen LogP contribution in [0.3, 0.4) is 0 Å². The first-order valence-corrected chi connectivity index (χ1v) is 7.23. The zero-order valence-electron chi connectivity index (χ0n) is 8.71. The summed E-state index contributed by atoms with van der Waals surface area (Å²) in [4.78, 5) is 10.4. The molecule has 1 unspecified atom stereocenters. The molecule has 1 saturated heterocycles. The molecule has 0 amide bonds. The van der Waals surface area contributed by atoms with E-state index in [2.05, 4.69) is 10.1 Å². The highest BCUT2D eigenvalue weighted by atomic mass is 31.2. The Morgan fingerprint density at radius 2 is 2.06 bits per heavy atom. The number of nitrogens with one attached hydrogen (secondary N) is 1. The van der Waals surface area contributed by atoms with Gasteiger partial charge in [-0.1, -0.05) is 0 Å². The molecule has 1 aliphatic rings. The second-order valence-corrected chi connectivity index (χ2v) is 7.28. The van der Waals surface area contributed by atoms with Gasteiger partial charge in [-0.2, -0.15) is 13.2 Å². The van der Waals surface area contributed by atoms with Crippen molar-refractivity contribution in [3.05, 3.63) is 0 Å². The van der Waals surface area contributed by atoms with Gasteiger partial charge in [-0.3, -0.25) is 0 Å². The first kappa shape index (κ1) is 13.5. The molecule has 1 fully saturated rings. The van der Waals surface area contributed by atoms with Crippen LogP contribution in [0.2, 0.25) is 0 Å². The summed E-state index contributed by atoms with van der Waals surface area (Å²) < 4.78 is 51.1. The molecule has 0 radical (unpaired) electrons. The Balaban J connectivity index is 2.35. The van der Waals surface area contributed by atoms with E-state index >= 15 is 0 Å². The van der Waals surface area contributed by atoms with E-state index in [0.29, 0.717) is 19.3 Å². The van der Waals surface area contributed by atoms with Gasteiger partial charge in [-0.25, -0.2) is 4.79 Å². The third-order valence-corrected chi connectivity index (χ3v) is 4.17. The van der Waals surface area contributed by atoms with Crippen LogP contribution in [0.1, 0.15) is 0 Å². The van der Waals surface area contributed by atoms with Crippen LogP contribution < -0.4 is 5.32 Å². The molecular formula is C8H13F3NO3P. The zero-order valence-corrected chi connectivity index (χ0v) is 9.61. The van der Waals surface area contributed by atoms with Crippen molar-refractivity contribution < 1.29 is 27.3 Å². The Morgan fingerprint density at radius 3 is 2.44 bits per heavy atom. The summed E-state index contributed by atoms with van der Waals surface area (Å²) >= 11 is 0. The Bertz CT molecular complexity index is 314. The fraction of sp³-hybridized carbons (Fsp3) is 0.875. The average Bonchev–Trinajstić information content (AvgIpc) is 2.06. The highest BCUT2D eigenvalue weighted by Crippen LogP contribution is 2.44. The van der Waals surface area contributed by atoms with E-state index in [1.54, 1.807) is 0 Å². The molecule has 0 aromatic carbocycles. The van der Waals surface area contributed by atoms with Crippen molar-refractivity contribution in [2.45, 2.75) is 6.18 Å². The topological polar surface area (TPSA) is 55.4 Å². The molecule has 4 nitrogen and oxygen atoms in total. The Hall–Kier alpha value is -0.550. The van der Waals surface area contributed by atoms with Gasteiger partial charge < -0.3 is 14.6 Å². The molecule has 0 spiro atoms. The fourth-order valence-electron chi connectivity index (χ4n) is 1.35. The van der Waals surface area contributed by atoms with E-state index in [-0.39, 0.29) is 5.92 Å². The zero-order chi connectivity index (χ0) is 12.4. The van der Waals surface area contributed by atoms with E-state index in [1.807, 2.05) is 0 Å². The highest BCUT2D eigenvalue weighted by molar-refractivity contribution is 7.63. The molecule has 1 atom stereocenters. The van der Waals surface area contributed by atoms with Gasteiger partial charge in [0, 0.05) is 6.16 Å². The molecule has 8 heteroatoms. The molecule has 94 valence electrons. The van der Waals surface area contributed by atoms with Crippen molar-refractivity contribution in [3.63, 3.8) is 0 Å². The molecule has 1 heterocycles. The second kappa shape index (κ2) is 4.75. The number of carbonyl (C=O) groups is 1. The van der Waals surface area contributed by atoms with Crippen LogP contribution in [-0.4, -0.2) is 44.4 Å². The smallest absolute Gasteiger partial charge is 0.451 e. The number of rotatable bonds is 4. The standard InChI is InChI=1S/C8H13F3NO3P/c1-16(14,4-6-2-12-3-6)5-15-7(13)8(9,10)11/h6,12H,2-5H2,1H3. The lowest BCUT2D eigenvalue weighted by Gasteiger charge is -2.29. The van der Waals surface area contributed by atoms with Crippen molar-refractivity contribution in [1.29, 1.82) is 0 Å². The summed E-state index contributed by atoms with van der Waals surface area (Å²) in [5, 5.41) is 2.96. The molecule has 0 saturated carbocycles. The van der Waals surface area contributed by atoms with E-state index < -0.39 is 25.6 Å². The Morgan fingerprint density at radius 1 is 1.50 bits per heavy atom. The SMILES string of the molecule is CP(=O)(COC(=O)C(F)(F)F)CC1CNC1. The van der Waals surface area contributed by atoms with Crippen molar-refractivity contribution in [1.82, 2.24) is 5.32 Å². The lowest BCUT2D eigenvalue weighted by molar-refractivity contribution is -0.197. The van der Waals surface area contributed by atoms with Gasteiger partial charge in [0.25, 0.3) is 0 Å². The number of hydrogen-bond donors (Lipinski definition) is 1. The largest absolute Gasteiger partial charge is 0.490 e. The van der Waals surface area contributed by atoms with Gasteiger partial charge in [0.05, 0.1) is 0 Å².